The lowest BCUT2D eigenvalue weighted by atomic mass is 10.0. The van der Waals surface area contributed by atoms with Crippen molar-refractivity contribution in [1.82, 2.24) is 25.2 Å². The first-order valence-corrected chi connectivity index (χ1v) is 11.5. The van der Waals surface area contributed by atoms with Gasteiger partial charge in [0.15, 0.2) is 0 Å². The van der Waals surface area contributed by atoms with Crippen LogP contribution in [0.2, 0.25) is 5.15 Å². The Bertz CT molecular complexity index is 1060. The van der Waals surface area contributed by atoms with Crippen molar-refractivity contribution >= 4 is 17.5 Å². The number of hydrogen-bond donors (Lipinski definition) is 2. The average molecular weight is 466 g/mol. The minimum absolute atomic E-state index is 0.0185. The third-order valence-corrected chi connectivity index (χ3v) is 6.57. The molecule has 33 heavy (non-hydrogen) atoms. The van der Waals surface area contributed by atoms with Crippen LogP contribution in [0.25, 0.3) is 0 Å². The molecular formula is C25H28ClN5O2. The summed E-state index contributed by atoms with van der Waals surface area (Å²) in [6, 6.07) is 11.3. The summed E-state index contributed by atoms with van der Waals surface area (Å²) in [5.41, 5.74) is 3.31. The Kier molecular flexibility index (Phi) is 7.33. The molecule has 0 spiro atoms. The molecule has 0 aliphatic carbocycles. The molecular weight excluding hydrogens is 438 g/mol. The van der Waals surface area contributed by atoms with E-state index in [9.17, 15) is 9.90 Å². The van der Waals surface area contributed by atoms with Crippen LogP contribution in [0.4, 0.5) is 0 Å². The third kappa shape index (κ3) is 5.55. The second-order valence-electron chi connectivity index (χ2n) is 8.53. The van der Waals surface area contributed by atoms with Gasteiger partial charge in [-0.15, -0.1) is 0 Å². The number of amides is 1. The van der Waals surface area contributed by atoms with Gasteiger partial charge in [0.1, 0.15) is 5.15 Å². The second kappa shape index (κ2) is 10.4. The van der Waals surface area contributed by atoms with E-state index in [0.29, 0.717) is 10.7 Å². The lowest BCUT2D eigenvalue weighted by Crippen LogP contribution is -2.35. The lowest BCUT2D eigenvalue weighted by Gasteiger charge is -2.24. The number of pyridine rings is 1. The van der Waals surface area contributed by atoms with Crippen molar-refractivity contribution < 1.29 is 9.90 Å². The smallest absolute Gasteiger partial charge is 0.254 e. The number of nitrogens with zero attached hydrogens (tertiary/aromatic N) is 4. The highest BCUT2D eigenvalue weighted by Gasteiger charge is 2.30. The fourth-order valence-corrected chi connectivity index (χ4v) is 4.34. The van der Waals surface area contributed by atoms with Crippen LogP contribution in [0.5, 0.6) is 0 Å². The SMILES string of the molecule is CC(c1cnccn1)N(C)C(=O)c1ccc(C[C@@H]2CC[C@H]([C@H](O)c3ccc(Cl)nc3)N2)cc1. The van der Waals surface area contributed by atoms with Crippen LogP contribution in [0, 0.1) is 0 Å². The molecule has 1 saturated heterocycles. The van der Waals surface area contributed by atoms with E-state index in [-0.39, 0.29) is 24.0 Å². The van der Waals surface area contributed by atoms with Gasteiger partial charge in [-0.2, -0.15) is 0 Å². The topological polar surface area (TPSA) is 91.2 Å². The zero-order chi connectivity index (χ0) is 23.4. The van der Waals surface area contributed by atoms with Gasteiger partial charge in [0.05, 0.1) is 24.0 Å². The first kappa shape index (κ1) is 23.3. The number of hydrogen-bond acceptors (Lipinski definition) is 6. The molecule has 2 aromatic heterocycles. The van der Waals surface area contributed by atoms with Crippen LogP contribution in [0.3, 0.4) is 0 Å². The van der Waals surface area contributed by atoms with Crippen molar-refractivity contribution in [2.24, 2.45) is 0 Å². The molecule has 3 heterocycles. The van der Waals surface area contributed by atoms with Crippen molar-refractivity contribution in [2.75, 3.05) is 7.05 Å². The molecule has 1 unspecified atom stereocenters. The van der Waals surface area contributed by atoms with Gasteiger partial charge in [0.2, 0.25) is 0 Å². The number of nitrogens with one attached hydrogen (secondary N) is 1. The van der Waals surface area contributed by atoms with Crippen molar-refractivity contribution in [3.05, 3.63) is 88.7 Å². The van der Waals surface area contributed by atoms with Crippen LogP contribution in [-0.4, -0.2) is 50.0 Å². The van der Waals surface area contributed by atoms with Gasteiger partial charge in [-0.25, -0.2) is 4.98 Å². The molecule has 3 aromatic rings. The normalized spacial score (nSPS) is 19.8. The molecule has 172 valence electrons. The Morgan fingerprint density at radius 3 is 2.61 bits per heavy atom. The van der Waals surface area contributed by atoms with E-state index >= 15 is 0 Å². The van der Waals surface area contributed by atoms with Gasteiger partial charge in [-0.1, -0.05) is 29.8 Å². The molecule has 0 saturated carbocycles. The summed E-state index contributed by atoms with van der Waals surface area (Å²) in [5.74, 6) is -0.0570. The van der Waals surface area contributed by atoms with Crippen LogP contribution in [0.15, 0.2) is 61.2 Å². The van der Waals surface area contributed by atoms with E-state index in [1.165, 1.54) is 0 Å². The first-order valence-electron chi connectivity index (χ1n) is 11.1. The van der Waals surface area contributed by atoms with E-state index < -0.39 is 6.10 Å². The minimum atomic E-state index is -0.619. The molecule has 1 fully saturated rings. The molecule has 1 aliphatic heterocycles. The predicted molar refractivity (Wildman–Crippen MR) is 127 cm³/mol. The Morgan fingerprint density at radius 2 is 1.94 bits per heavy atom. The molecule has 1 aliphatic rings. The first-order chi connectivity index (χ1) is 15.9. The summed E-state index contributed by atoms with van der Waals surface area (Å²) in [6.45, 7) is 1.94. The Balaban J connectivity index is 1.33. The predicted octanol–water partition coefficient (Wildman–Crippen LogP) is 3.75. The number of halogens is 1. The van der Waals surface area contributed by atoms with E-state index in [0.717, 1.165) is 36.1 Å². The average Bonchev–Trinajstić information content (AvgIpc) is 3.32. The zero-order valence-corrected chi connectivity index (χ0v) is 19.5. The van der Waals surface area contributed by atoms with Gasteiger partial charge in [-0.05, 0) is 49.9 Å². The van der Waals surface area contributed by atoms with Crippen molar-refractivity contribution in [2.45, 2.75) is 50.4 Å². The quantitative estimate of drug-likeness (QED) is 0.516. The van der Waals surface area contributed by atoms with Gasteiger partial charge in [0, 0.05) is 48.8 Å². The van der Waals surface area contributed by atoms with Crippen LogP contribution < -0.4 is 5.32 Å². The molecule has 0 radical (unpaired) electrons. The van der Waals surface area contributed by atoms with Crippen LogP contribution in [-0.2, 0) is 6.42 Å². The number of aliphatic hydroxyl groups excluding tert-OH is 1. The van der Waals surface area contributed by atoms with Crippen molar-refractivity contribution in [3.8, 4) is 0 Å². The van der Waals surface area contributed by atoms with Gasteiger partial charge in [0.25, 0.3) is 5.91 Å². The zero-order valence-electron chi connectivity index (χ0n) is 18.7. The Morgan fingerprint density at radius 1 is 1.15 bits per heavy atom. The molecule has 4 atom stereocenters. The maximum atomic E-state index is 12.9. The molecule has 8 heteroatoms. The molecule has 2 N–H and O–H groups in total. The highest BCUT2D eigenvalue weighted by Crippen LogP contribution is 2.27. The molecule has 7 nitrogen and oxygen atoms in total. The van der Waals surface area contributed by atoms with Crippen molar-refractivity contribution in [1.29, 1.82) is 0 Å². The molecule has 1 amide bonds. The summed E-state index contributed by atoms with van der Waals surface area (Å²) in [6.07, 6.45) is 8.63. The van der Waals surface area contributed by atoms with Crippen LogP contribution in [0.1, 0.15) is 59.1 Å². The summed E-state index contributed by atoms with van der Waals surface area (Å²) in [5, 5.41) is 14.6. The number of benzene rings is 1. The monoisotopic (exact) mass is 465 g/mol. The van der Waals surface area contributed by atoms with Crippen molar-refractivity contribution in [3.63, 3.8) is 0 Å². The minimum Gasteiger partial charge on any atom is -0.387 e. The van der Waals surface area contributed by atoms with Gasteiger partial charge in [-0.3, -0.25) is 14.8 Å². The number of carbonyl (C=O) groups is 1. The maximum absolute atomic E-state index is 12.9. The summed E-state index contributed by atoms with van der Waals surface area (Å²) in [4.78, 5) is 27.0. The summed E-state index contributed by atoms with van der Waals surface area (Å²) in [7, 11) is 1.78. The highest BCUT2D eigenvalue weighted by molar-refractivity contribution is 6.29. The van der Waals surface area contributed by atoms with E-state index in [2.05, 4.69) is 20.3 Å². The standard InChI is InChI=1S/C25H28ClN5O2/c1-16(22-15-27-11-12-28-22)31(2)25(33)18-5-3-17(4-6-18)13-20-8-9-21(30-20)24(32)19-7-10-23(26)29-14-19/h3-7,10-12,14-16,20-21,24,30,32H,8-9,13H2,1-2H3/t16?,20-,21+,24+/m0/s1. The second-order valence-corrected chi connectivity index (χ2v) is 8.92. The molecule has 4 rings (SSSR count). The van der Waals surface area contributed by atoms with Crippen LogP contribution >= 0.6 is 11.6 Å². The summed E-state index contributed by atoms with van der Waals surface area (Å²) < 4.78 is 0. The highest BCUT2D eigenvalue weighted by atomic mass is 35.5. The number of carbonyl (C=O) groups excluding carboxylic acids is 1. The Hall–Kier alpha value is -2.87. The molecule has 0 bridgehead atoms. The van der Waals surface area contributed by atoms with Gasteiger partial charge < -0.3 is 15.3 Å². The van der Waals surface area contributed by atoms with E-state index in [1.807, 2.05) is 37.3 Å². The lowest BCUT2D eigenvalue weighted by molar-refractivity contribution is 0.0739. The fourth-order valence-electron chi connectivity index (χ4n) is 4.23. The Labute approximate surface area is 198 Å². The largest absolute Gasteiger partial charge is 0.387 e. The van der Waals surface area contributed by atoms with E-state index in [4.69, 9.17) is 11.6 Å². The fraction of sp³-hybridized carbons (Fsp3) is 0.360. The molecule has 1 aromatic carbocycles. The van der Waals surface area contributed by atoms with E-state index in [1.54, 1.807) is 42.8 Å². The number of aliphatic hydroxyl groups is 1. The number of rotatable bonds is 7. The third-order valence-electron chi connectivity index (χ3n) is 6.34. The summed E-state index contributed by atoms with van der Waals surface area (Å²) >= 11 is 5.84. The maximum Gasteiger partial charge on any atom is 0.254 e. The number of aromatic nitrogens is 3. The van der Waals surface area contributed by atoms with Gasteiger partial charge >= 0.3 is 0 Å².